The average Bonchev–Trinajstić information content (AvgIpc) is 2.68. The number of aromatic nitrogens is 2. The predicted octanol–water partition coefficient (Wildman–Crippen LogP) is 1.45. The molecule has 3 nitrogen and oxygen atoms in total. The minimum absolute atomic E-state index is 0.602. The monoisotopic (exact) mass is 211 g/mol. The number of rotatable bonds is 3. The summed E-state index contributed by atoms with van der Waals surface area (Å²) in [5.41, 5.74) is 6.86. The fourth-order valence-corrected chi connectivity index (χ4v) is 3.05. The van der Waals surface area contributed by atoms with Crippen LogP contribution in [0, 0.1) is 0 Å². The van der Waals surface area contributed by atoms with Crippen molar-refractivity contribution in [1.82, 2.24) is 9.78 Å². The molecule has 1 aliphatic heterocycles. The lowest BCUT2D eigenvalue weighted by molar-refractivity contribution is 0.440. The van der Waals surface area contributed by atoms with E-state index >= 15 is 0 Å². The van der Waals surface area contributed by atoms with Crippen molar-refractivity contribution in [3.63, 3.8) is 0 Å². The van der Waals surface area contributed by atoms with Crippen molar-refractivity contribution >= 4 is 11.8 Å². The topological polar surface area (TPSA) is 43.8 Å². The Bertz CT molecular complexity index is 279. The molecule has 1 aromatic heterocycles. The lowest BCUT2D eigenvalue weighted by Gasteiger charge is -2.23. The maximum atomic E-state index is 5.57. The Labute approximate surface area is 89.1 Å². The van der Waals surface area contributed by atoms with Gasteiger partial charge in [0.1, 0.15) is 0 Å². The molecule has 0 radical (unpaired) electrons. The normalized spacial score (nSPS) is 22.5. The number of nitrogens with two attached hydrogens (primary N) is 1. The van der Waals surface area contributed by atoms with Gasteiger partial charge in [-0.3, -0.25) is 4.68 Å². The van der Waals surface area contributed by atoms with Gasteiger partial charge in [0.2, 0.25) is 0 Å². The van der Waals surface area contributed by atoms with Gasteiger partial charge in [-0.25, -0.2) is 0 Å². The standard InChI is InChI=1S/C10H17N3S/c11-5-3-9-4-6-12-13(9)10-2-1-7-14-8-10/h4,6,10H,1-3,5,7-8,11H2. The van der Waals surface area contributed by atoms with Crippen molar-refractivity contribution in [3.8, 4) is 0 Å². The van der Waals surface area contributed by atoms with Crippen molar-refractivity contribution < 1.29 is 0 Å². The summed E-state index contributed by atoms with van der Waals surface area (Å²) >= 11 is 2.04. The highest BCUT2D eigenvalue weighted by molar-refractivity contribution is 7.99. The molecule has 0 spiro atoms. The van der Waals surface area contributed by atoms with Crippen LogP contribution in [-0.2, 0) is 6.42 Å². The first-order valence-electron chi connectivity index (χ1n) is 5.22. The molecule has 1 aromatic rings. The molecule has 0 bridgehead atoms. The Kier molecular flexibility index (Phi) is 3.48. The van der Waals surface area contributed by atoms with Crippen LogP contribution in [-0.4, -0.2) is 27.8 Å². The molecule has 14 heavy (non-hydrogen) atoms. The van der Waals surface area contributed by atoms with Crippen LogP contribution >= 0.6 is 11.8 Å². The van der Waals surface area contributed by atoms with Gasteiger partial charge in [-0.05, 0) is 31.2 Å². The number of hydrogen-bond donors (Lipinski definition) is 1. The van der Waals surface area contributed by atoms with E-state index in [0.29, 0.717) is 12.6 Å². The second-order valence-corrected chi connectivity index (χ2v) is 4.83. The van der Waals surface area contributed by atoms with E-state index in [4.69, 9.17) is 5.73 Å². The van der Waals surface area contributed by atoms with Gasteiger partial charge >= 0.3 is 0 Å². The highest BCUT2D eigenvalue weighted by atomic mass is 32.2. The number of hydrogen-bond acceptors (Lipinski definition) is 3. The Balaban J connectivity index is 2.09. The molecule has 78 valence electrons. The van der Waals surface area contributed by atoms with Gasteiger partial charge in [-0.2, -0.15) is 16.9 Å². The van der Waals surface area contributed by atoms with Crippen molar-refractivity contribution in [2.24, 2.45) is 5.73 Å². The maximum absolute atomic E-state index is 5.57. The molecule has 2 rings (SSSR count). The van der Waals surface area contributed by atoms with Crippen LogP contribution in [0.25, 0.3) is 0 Å². The summed E-state index contributed by atoms with van der Waals surface area (Å²) in [5, 5.41) is 4.41. The SMILES string of the molecule is NCCc1ccnn1C1CCCSC1. The number of thioether (sulfide) groups is 1. The largest absolute Gasteiger partial charge is 0.330 e. The van der Waals surface area contributed by atoms with E-state index in [1.807, 2.05) is 18.0 Å². The van der Waals surface area contributed by atoms with E-state index in [9.17, 15) is 0 Å². The van der Waals surface area contributed by atoms with Gasteiger partial charge in [0.15, 0.2) is 0 Å². The summed E-state index contributed by atoms with van der Waals surface area (Å²) in [6, 6.07) is 2.69. The lowest BCUT2D eigenvalue weighted by atomic mass is 10.2. The van der Waals surface area contributed by atoms with Gasteiger partial charge in [0.05, 0.1) is 6.04 Å². The van der Waals surface area contributed by atoms with E-state index in [2.05, 4.69) is 15.8 Å². The zero-order valence-electron chi connectivity index (χ0n) is 8.35. The summed E-state index contributed by atoms with van der Waals surface area (Å²) in [6.45, 7) is 0.714. The number of nitrogens with zero attached hydrogens (tertiary/aromatic N) is 2. The third kappa shape index (κ3) is 2.12. The van der Waals surface area contributed by atoms with Gasteiger partial charge in [-0.1, -0.05) is 0 Å². The van der Waals surface area contributed by atoms with Gasteiger partial charge in [0.25, 0.3) is 0 Å². The molecular formula is C10H17N3S. The van der Waals surface area contributed by atoms with Crippen molar-refractivity contribution in [1.29, 1.82) is 0 Å². The molecule has 1 fully saturated rings. The molecule has 2 heterocycles. The smallest absolute Gasteiger partial charge is 0.0613 e. The van der Waals surface area contributed by atoms with E-state index in [0.717, 1.165) is 6.42 Å². The Morgan fingerprint density at radius 3 is 3.29 bits per heavy atom. The van der Waals surface area contributed by atoms with Crippen LogP contribution in [0.5, 0.6) is 0 Å². The summed E-state index contributed by atoms with van der Waals surface area (Å²) in [5.74, 6) is 2.52. The van der Waals surface area contributed by atoms with Crippen molar-refractivity contribution in [2.45, 2.75) is 25.3 Å². The molecule has 0 aromatic carbocycles. The molecule has 1 saturated heterocycles. The van der Waals surface area contributed by atoms with E-state index in [-0.39, 0.29) is 0 Å². The minimum atomic E-state index is 0.602. The van der Waals surface area contributed by atoms with E-state index in [1.165, 1.54) is 30.0 Å². The fourth-order valence-electron chi connectivity index (χ4n) is 1.93. The first-order valence-corrected chi connectivity index (χ1v) is 6.37. The molecule has 2 N–H and O–H groups in total. The van der Waals surface area contributed by atoms with E-state index < -0.39 is 0 Å². The Hall–Kier alpha value is -0.480. The lowest BCUT2D eigenvalue weighted by Crippen LogP contribution is -2.20. The quantitative estimate of drug-likeness (QED) is 0.823. The molecular weight excluding hydrogens is 194 g/mol. The second kappa shape index (κ2) is 4.84. The van der Waals surface area contributed by atoms with Crippen LogP contribution in [0.15, 0.2) is 12.3 Å². The predicted molar refractivity (Wildman–Crippen MR) is 60.6 cm³/mol. The van der Waals surface area contributed by atoms with Gasteiger partial charge in [-0.15, -0.1) is 0 Å². The van der Waals surface area contributed by atoms with Crippen molar-refractivity contribution in [2.75, 3.05) is 18.1 Å². The summed E-state index contributed by atoms with van der Waals surface area (Å²) in [6.07, 6.45) is 5.43. The van der Waals surface area contributed by atoms with Gasteiger partial charge < -0.3 is 5.73 Å². The molecule has 1 atom stereocenters. The minimum Gasteiger partial charge on any atom is -0.330 e. The summed E-state index contributed by atoms with van der Waals surface area (Å²) in [7, 11) is 0. The van der Waals surface area contributed by atoms with Crippen LogP contribution in [0.4, 0.5) is 0 Å². The van der Waals surface area contributed by atoms with Crippen molar-refractivity contribution in [3.05, 3.63) is 18.0 Å². The maximum Gasteiger partial charge on any atom is 0.0613 e. The molecule has 1 unspecified atom stereocenters. The van der Waals surface area contributed by atoms with Crippen LogP contribution in [0.3, 0.4) is 0 Å². The first kappa shape index (κ1) is 10.1. The van der Waals surface area contributed by atoms with Gasteiger partial charge in [0, 0.05) is 24.1 Å². The third-order valence-electron chi connectivity index (χ3n) is 2.63. The van der Waals surface area contributed by atoms with Crippen LogP contribution in [0.2, 0.25) is 0 Å². The highest BCUT2D eigenvalue weighted by Crippen LogP contribution is 2.27. The molecule has 0 amide bonds. The van der Waals surface area contributed by atoms with E-state index in [1.54, 1.807) is 0 Å². The highest BCUT2D eigenvalue weighted by Gasteiger charge is 2.17. The first-order chi connectivity index (χ1) is 6.92. The Morgan fingerprint density at radius 2 is 2.57 bits per heavy atom. The second-order valence-electron chi connectivity index (χ2n) is 3.68. The third-order valence-corrected chi connectivity index (χ3v) is 3.83. The summed E-state index contributed by atoms with van der Waals surface area (Å²) in [4.78, 5) is 0. The zero-order valence-corrected chi connectivity index (χ0v) is 9.17. The average molecular weight is 211 g/mol. The van der Waals surface area contributed by atoms with Crippen LogP contribution in [0.1, 0.15) is 24.6 Å². The molecule has 4 heteroatoms. The van der Waals surface area contributed by atoms with Crippen LogP contribution < -0.4 is 5.73 Å². The zero-order chi connectivity index (χ0) is 9.80. The summed E-state index contributed by atoms with van der Waals surface area (Å²) < 4.78 is 2.18. The molecule has 0 saturated carbocycles. The Morgan fingerprint density at radius 1 is 1.64 bits per heavy atom. The molecule has 1 aliphatic rings. The molecule has 0 aliphatic carbocycles. The fraction of sp³-hybridized carbons (Fsp3) is 0.700.